The van der Waals surface area contributed by atoms with Crippen molar-refractivity contribution in [2.24, 2.45) is 0 Å². The molecule has 11 nitrogen and oxygen atoms in total. The lowest BCUT2D eigenvalue weighted by Gasteiger charge is -2.09. The third kappa shape index (κ3) is 8.12. The van der Waals surface area contributed by atoms with Crippen molar-refractivity contribution in [3.63, 3.8) is 0 Å². The summed E-state index contributed by atoms with van der Waals surface area (Å²) in [6, 6.07) is 9.47. The van der Waals surface area contributed by atoms with Gasteiger partial charge in [-0.3, -0.25) is 29.7 Å². The van der Waals surface area contributed by atoms with Crippen LogP contribution in [0.15, 0.2) is 79.7 Å². The Kier molecular flexibility index (Phi) is 9.41. The van der Waals surface area contributed by atoms with Crippen LogP contribution in [-0.4, -0.2) is 53.0 Å². The molecule has 0 aromatic carbocycles. The molecule has 0 aliphatic heterocycles. The molecule has 3 N–H and O–H groups in total. The topological polar surface area (TPSA) is 168 Å². The van der Waals surface area contributed by atoms with E-state index in [1.54, 1.807) is 43.2 Å². The molecular formula is C27H24N6O5. The molecule has 0 fully saturated rings. The van der Waals surface area contributed by atoms with Gasteiger partial charge in [-0.15, -0.1) is 0 Å². The highest BCUT2D eigenvalue weighted by atomic mass is 16.4. The molecular weight excluding hydrogens is 488 g/mol. The first-order valence-electron chi connectivity index (χ1n) is 11.3. The Hall–Kier alpha value is -5.32. The molecule has 0 spiro atoms. The maximum Gasteiger partial charge on any atom is 0.328 e. The molecule has 0 aliphatic rings. The molecule has 0 aliphatic carbocycles. The first-order valence-corrected chi connectivity index (χ1v) is 11.3. The first-order chi connectivity index (χ1) is 18.2. The summed E-state index contributed by atoms with van der Waals surface area (Å²) in [6.07, 6.45) is 11.2. The summed E-state index contributed by atoms with van der Waals surface area (Å²) in [7, 11) is 0. The number of amides is 1. The Balaban J connectivity index is 0.000000436. The third-order valence-electron chi connectivity index (χ3n) is 4.98. The van der Waals surface area contributed by atoms with Gasteiger partial charge in [-0.1, -0.05) is 6.07 Å². The Morgan fingerprint density at radius 3 is 2.16 bits per heavy atom. The minimum Gasteiger partial charge on any atom is -0.478 e. The number of aryl methyl sites for hydroxylation is 2. The van der Waals surface area contributed by atoms with Crippen molar-refractivity contribution in [1.29, 1.82) is 0 Å². The number of rotatable bonds is 7. The molecule has 0 saturated carbocycles. The minimum absolute atomic E-state index is 0.243. The number of aliphatic carboxylic acids is 2. The Bertz CT molecular complexity index is 1440. The molecule has 0 atom stereocenters. The summed E-state index contributed by atoms with van der Waals surface area (Å²) in [5.74, 6) is -2.76. The van der Waals surface area contributed by atoms with Crippen LogP contribution >= 0.6 is 0 Å². The number of hydrogen-bond acceptors (Lipinski definition) is 8. The summed E-state index contributed by atoms with van der Waals surface area (Å²) in [5, 5.41) is 18.5. The van der Waals surface area contributed by atoms with E-state index in [-0.39, 0.29) is 5.91 Å². The number of hydrogen-bond donors (Lipinski definition) is 3. The summed E-state index contributed by atoms with van der Waals surface area (Å²) >= 11 is 0. The molecule has 0 bridgehead atoms. The van der Waals surface area contributed by atoms with E-state index in [2.05, 4.69) is 30.2 Å². The smallest absolute Gasteiger partial charge is 0.328 e. The van der Waals surface area contributed by atoms with Gasteiger partial charge in [-0.05, 0) is 49.2 Å². The summed E-state index contributed by atoms with van der Waals surface area (Å²) in [5.41, 5.74) is 6.72. The van der Waals surface area contributed by atoms with E-state index < -0.39 is 11.9 Å². The van der Waals surface area contributed by atoms with Gasteiger partial charge in [0.1, 0.15) is 5.69 Å². The molecule has 0 saturated heterocycles. The van der Waals surface area contributed by atoms with E-state index in [9.17, 15) is 14.4 Å². The van der Waals surface area contributed by atoms with Crippen LogP contribution in [0.3, 0.4) is 0 Å². The van der Waals surface area contributed by atoms with Crippen molar-refractivity contribution in [2.45, 2.75) is 20.4 Å². The Labute approximate surface area is 218 Å². The van der Waals surface area contributed by atoms with Gasteiger partial charge in [0.15, 0.2) is 0 Å². The highest BCUT2D eigenvalue weighted by Crippen LogP contribution is 2.22. The normalized spacial score (nSPS) is 10.4. The Morgan fingerprint density at radius 2 is 1.58 bits per heavy atom. The quantitative estimate of drug-likeness (QED) is 0.313. The zero-order chi connectivity index (χ0) is 27.5. The number of carboxylic acids is 2. The number of aromatic nitrogens is 5. The van der Waals surface area contributed by atoms with Crippen molar-refractivity contribution in [1.82, 2.24) is 30.2 Å². The van der Waals surface area contributed by atoms with E-state index in [0.717, 1.165) is 33.6 Å². The van der Waals surface area contributed by atoms with Crippen LogP contribution in [0.2, 0.25) is 0 Å². The molecule has 4 aromatic heterocycles. The average molecular weight is 513 g/mol. The van der Waals surface area contributed by atoms with Crippen molar-refractivity contribution in [3.05, 3.63) is 102 Å². The van der Waals surface area contributed by atoms with Gasteiger partial charge in [0.05, 0.1) is 17.6 Å². The zero-order valence-corrected chi connectivity index (χ0v) is 20.6. The summed E-state index contributed by atoms with van der Waals surface area (Å²) in [4.78, 5) is 52.9. The summed E-state index contributed by atoms with van der Waals surface area (Å²) in [6.45, 7) is 4.34. The molecule has 4 aromatic rings. The molecule has 0 radical (unpaired) electrons. The van der Waals surface area contributed by atoms with Crippen LogP contribution in [0.1, 0.15) is 27.3 Å². The van der Waals surface area contributed by atoms with Crippen molar-refractivity contribution < 1.29 is 24.6 Å². The SMILES string of the molecule is Cc1cc(-c2ncc(CNC(=O)c3ccc(-c4cnccn4)cn3)cc2C)ccn1.O=C(O)C=CC(=O)O. The van der Waals surface area contributed by atoms with E-state index in [1.807, 2.05) is 38.1 Å². The van der Waals surface area contributed by atoms with Crippen molar-refractivity contribution >= 4 is 17.8 Å². The monoisotopic (exact) mass is 512 g/mol. The number of carboxylic acid groups (broad SMARTS) is 2. The minimum atomic E-state index is -1.26. The number of carbonyl (C=O) groups is 3. The predicted octanol–water partition coefficient (Wildman–Crippen LogP) is 3.25. The lowest BCUT2D eigenvalue weighted by molar-refractivity contribution is -0.134. The number of nitrogens with one attached hydrogen (secondary N) is 1. The van der Waals surface area contributed by atoms with Gasteiger partial charge in [0.2, 0.25) is 0 Å². The third-order valence-corrected chi connectivity index (χ3v) is 4.98. The number of carbonyl (C=O) groups excluding carboxylic acids is 1. The standard InChI is InChI=1S/C23H20N6O.C4H4O4/c1-15-9-17(11-28-22(15)18-5-6-25-16(2)10-18)12-29-23(30)20-4-3-19(13-27-20)21-14-24-7-8-26-21;5-3(6)1-2-4(7)8/h3-11,13-14H,12H2,1-2H3,(H,29,30);1-2H,(H,5,6)(H,7,8). The van der Waals surface area contributed by atoms with Gasteiger partial charge in [0.25, 0.3) is 5.91 Å². The van der Waals surface area contributed by atoms with Gasteiger partial charge >= 0.3 is 11.9 Å². The summed E-state index contributed by atoms with van der Waals surface area (Å²) < 4.78 is 0. The maximum absolute atomic E-state index is 12.4. The van der Waals surface area contributed by atoms with Gasteiger partial charge < -0.3 is 15.5 Å². The number of nitrogens with zero attached hydrogens (tertiary/aromatic N) is 5. The molecule has 0 unspecified atom stereocenters. The van der Waals surface area contributed by atoms with Crippen LogP contribution in [0, 0.1) is 13.8 Å². The van der Waals surface area contributed by atoms with Crippen LogP contribution in [0.4, 0.5) is 0 Å². The Morgan fingerprint density at radius 1 is 0.816 bits per heavy atom. The molecule has 11 heteroatoms. The van der Waals surface area contributed by atoms with Gasteiger partial charge in [-0.25, -0.2) is 9.59 Å². The first kappa shape index (κ1) is 27.3. The fraction of sp³-hybridized carbons (Fsp3) is 0.111. The van der Waals surface area contributed by atoms with E-state index in [1.165, 1.54) is 0 Å². The van der Waals surface area contributed by atoms with Gasteiger partial charge in [0, 0.05) is 66.5 Å². The highest BCUT2D eigenvalue weighted by molar-refractivity contribution is 5.92. The second kappa shape index (κ2) is 13.1. The largest absolute Gasteiger partial charge is 0.478 e. The fourth-order valence-corrected chi connectivity index (χ4v) is 3.27. The second-order valence-corrected chi connectivity index (χ2v) is 7.91. The van der Waals surface area contributed by atoms with E-state index in [0.29, 0.717) is 30.1 Å². The lowest BCUT2D eigenvalue weighted by atomic mass is 10.1. The second-order valence-electron chi connectivity index (χ2n) is 7.91. The van der Waals surface area contributed by atoms with Crippen molar-refractivity contribution in [2.75, 3.05) is 0 Å². The zero-order valence-electron chi connectivity index (χ0n) is 20.6. The van der Waals surface area contributed by atoms with Gasteiger partial charge in [-0.2, -0.15) is 0 Å². The molecule has 4 rings (SSSR count). The van der Waals surface area contributed by atoms with Crippen molar-refractivity contribution in [3.8, 4) is 22.5 Å². The molecule has 4 heterocycles. The van der Waals surface area contributed by atoms with Crippen LogP contribution in [-0.2, 0) is 16.1 Å². The molecule has 1 amide bonds. The van der Waals surface area contributed by atoms with E-state index >= 15 is 0 Å². The number of pyridine rings is 3. The van der Waals surface area contributed by atoms with Crippen LogP contribution < -0.4 is 5.32 Å². The molecule has 38 heavy (non-hydrogen) atoms. The fourth-order valence-electron chi connectivity index (χ4n) is 3.27. The van der Waals surface area contributed by atoms with Crippen LogP contribution in [0.25, 0.3) is 22.5 Å². The predicted molar refractivity (Wildman–Crippen MR) is 138 cm³/mol. The van der Waals surface area contributed by atoms with Crippen LogP contribution in [0.5, 0.6) is 0 Å². The maximum atomic E-state index is 12.4. The lowest BCUT2D eigenvalue weighted by Crippen LogP contribution is -2.23. The molecule has 192 valence electrons. The highest BCUT2D eigenvalue weighted by Gasteiger charge is 2.10. The van der Waals surface area contributed by atoms with E-state index in [4.69, 9.17) is 10.2 Å². The average Bonchev–Trinajstić information content (AvgIpc) is 2.91.